The van der Waals surface area contributed by atoms with Crippen LogP contribution < -0.4 is 0 Å². The van der Waals surface area contributed by atoms with Crippen LogP contribution in [-0.2, 0) is 54.0 Å². The van der Waals surface area contributed by atoms with E-state index in [9.17, 15) is 34.5 Å². The Hall–Kier alpha value is -3.87. The molecule has 16 nitrogen and oxygen atoms in total. The number of aldehydes is 1. The summed E-state index contributed by atoms with van der Waals surface area (Å²) in [5.74, 6) is -3.15. The van der Waals surface area contributed by atoms with Gasteiger partial charge in [-0.05, 0) is 96.4 Å². The highest BCUT2D eigenvalue weighted by Crippen LogP contribution is 2.35. The first-order valence-corrected chi connectivity index (χ1v) is 21.7. The molecule has 0 bridgehead atoms. The standard InChI is InChI=1S/C46H69N3O13/c1-10-39(53)61-38-25-40(54)58-28(3)23-36(52)35(49(8)20-13-14-31-24-32-15-11-12-16-34(32)47-26-31)17-18-37(60-30(5)51)27(2)22-33(19-21-50)44(45(38)57-9)62-46-43(56)41(48(6)7)42(55)29(4)59-46/h11-12,15-18,21,24,26-29,33,35-38,41-46,52,55-56H,10,13-14,19-20,22-23,25H2,1-9H3/b18-17+/t27-,28-,29-,33+,35-,36+,37+,38-,41+,42-,43-,44+,45+,46+/m1/s1. The zero-order valence-electron chi connectivity index (χ0n) is 37.7. The number of aromatic nitrogens is 1. The third-order valence-corrected chi connectivity index (χ3v) is 11.9. The van der Waals surface area contributed by atoms with E-state index < -0.39 is 109 Å². The fraction of sp³-hybridized carbons (Fsp3) is 0.674. The second-order valence-corrected chi connectivity index (χ2v) is 17.1. The van der Waals surface area contributed by atoms with Crippen LogP contribution >= 0.6 is 0 Å². The number of para-hydroxylation sites is 1. The summed E-state index contributed by atoms with van der Waals surface area (Å²) in [4.78, 5) is 60.1. The topological polar surface area (TPSA) is 204 Å². The number of carbonyl (C=O) groups is 4. The first-order valence-electron chi connectivity index (χ1n) is 21.7. The second-order valence-electron chi connectivity index (χ2n) is 17.1. The van der Waals surface area contributed by atoms with Crippen LogP contribution in [0.4, 0.5) is 0 Å². The second kappa shape index (κ2) is 24.3. The smallest absolute Gasteiger partial charge is 0.309 e. The number of hydrogen-bond acceptors (Lipinski definition) is 16. The minimum atomic E-state index is -1.38. The van der Waals surface area contributed by atoms with Crippen molar-refractivity contribution >= 4 is 35.1 Å². The maximum Gasteiger partial charge on any atom is 0.309 e. The zero-order valence-corrected chi connectivity index (χ0v) is 37.7. The van der Waals surface area contributed by atoms with Crippen LogP contribution in [0.25, 0.3) is 10.9 Å². The third kappa shape index (κ3) is 14.1. The lowest BCUT2D eigenvalue weighted by atomic mass is 9.82. The number of carbonyl (C=O) groups excluding carboxylic acids is 4. The van der Waals surface area contributed by atoms with Gasteiger partial charge in [0.1, 0.15) is 36.8 Å². The number of nitrogens with zero attached hydrogens (tertiary/aromatic N) is 3. The normalized spacial score (nSPS) is 33.5. The van der Waals surface area contributed by atoms with Gasteiger partial charge in [0.25, 0.3) is 0 Å². The van der Waals surface area contributed by atoms with E-state index in [2.05, 4.69) is 11.1 Å². The van der Waals surface area contributed by atoms with Gasteiger partial charge in [0.15, 0.2) is 6.29 Å². The minimum absolute atomic E-state index is 0.0281. The molecule has 2 aromatic rings. The molecule has 14 atom stereocenters. The van der Waals surface area contributed by atoms with Gasteiger partial charge < -0.3 is 53.4 Å². The van der Waals surface area contributed by atoms with Gasteiger partial charge in [-0.3, -0.25) is 24.3 Å². The molecule has 0 unspecified atom stereocenters. The largest absolute Gasteiger partial charge is 0.462 e. The molecular weight excluding hydrogens is 803 g/mol. The highest BCUT2D eigenvalue weighted by atomic mass is 16.7. The van der Waals surface area contributed by atoms with Gasteiger partial charge in [0.05, 0.1) is 48.4 Å². The molecule has 3 heterocycles. The quantitative estimate of drug-likeness (QED) is 0.108. The molecule has 0 spiro atoms. The number of methoxy groups -OCH3 is 1. The SMILES string of the molecule is CCC(=O)O[C@@H]1CC(=O)O[C@H](C)C[C@H](O)[C@H](N(C)CCCc2cnc3ccccc3c2)/C=C/[C@H](OC(C)=O)[C@H](C)C[C@H](CC=O)[C@H](O[C@@H]2O[C@H](C)[C@@H](O)[C@H](N(C)C)[C@H]2O)[C@H]1OC. The van der Waals surface area contributed by atoms with Crippen molar-refractivity contribution in [3.63, 3.8) is 0 Å². The molecule has 0 aliphatic carbocycles. The maximum absolute atomic E-state index is 13.7. The minimum Gasteiger partial charge on any atom is -0.462 e. The number of benzene rings is 1. The first kappa shape index (κ1) is 50.8. The van der Waals surface area contributed by atoms with Crippen molar-refractivity contribution in [2.24, 2.45) is 11.8 Å². The average molecular weight is 872 g/mol. The molecule has 1 aromatic heterocycles. The molecule has 3 N–H and O–H groups in total. The zero-order chi connectivity index (χ0) is 45.7. The van der Waals surface area contributed by atoms with Gasteiger partial charge in [-0.1, -0.05) is 38.1 Å². The molecule has 2 aliphatic rings. The number of aliphatic hydroxyl groups is 3. The number of fused-ring (bicyclic) bond motifs is 1. The van der Waals surface area contributed by atoms with Crippen molar-refractivity contribution in [2.45, 2.75) is 153 Å². The summed E-state index contributed by atoms with van der Waals surface area (Å²) in [6, 6.07) is 8.63. The average Bonchev–Trinajstić information content (AvgIpc) is 3.21. The van der Waals surface area contributed by atoms with Gasteiger partial charge in [-0.15, -0.1) is 0 Å². The van der Waals surface area contributed by atoms with Crippen molar-refractivity contribution in [1.82, 2.24) is 14.8 Å². The Bertz CT molecular complexity index is 1780. The molecule has 1 saturated heterocycles. The lowest BCUT2D eigenvalue weighted by molar-refractivity contribution is -0.310. The highest BCUT2D eigenvalue weighted by molar-refractivity contribution is 5.78. The lowest BCUT2D eigenvalue weighted by Crippen LogP contribution is -2.63. The predicted molar refractivity (Wildman–Crippen MR) is 230 cm³/mol. The van der Waals surface area contributed by atoms with Crippen molar-refractivity contribution in [3.8, 4) is 0 Å². The van der Waals surface area contributed by atoms with E-state index in [1.54, 1.807) is 51.9 Å². The molecule has 2 aliphatic heterocycles. The van der Waals surface area contributed by atoms with Gasteiger partial charge in [0, 0.05) is 44.9 Å². The number of esters is 3. The van der Waals surface area contributed by atoms with Crippen LogP contribution in [0.2, 0.25) is 0 Å². The Morgan fingerprint density at radius 2 is 1.73 bits per heavy atom. The van der Waals surface area contributed by atoms with E-state index >= 15 is 0 Å². The van der Waals surface area contributed by atoms with Crippen LogP contribution in [-0.4, -0.2) is 162 Å². The van der Waals surface area contributed by atoms with Crippen molar-refractivity contribution in [2.75, 3.05) is 34.8 Å². The molecule has 1 aromatic carbocycles. The molecule has 0 radical (unpaired) electrons. The fourth-order valence-corrected chi connectivity index (χ4v) is 8.65. The van der Waals surface area contributed by atoms with Crippen LogP contribution in [0.1, 0.15) is 78.7 Å². The lowest BCUT2D eigenvalue weighted by Gasteiger charge is -2.47. The summed E-state index contributed by atoms with van der Waals surface area (Å²) in [7, 11) is 6.64. The number of hydrogen-bond donors (Lipinski definition) is 3. The van der Waals surface area contributed by atoms with Gasteiger partial charge >= 0.3 is 17.9 Å². The fourth-order valence-electron chi connectivity index (χ4n) is 8.65. The van der Waals surface area contributed by atoms with Crippen molar-refractivity contribution < 1.29 is 62.9 Å². The predicted octanol–water partition coefficient (Wildman–Crippen LogP) is 3.39. The summed E-state index contributed by atoms with van der Waals surface area (Å²) >= 11 is 0. The molecule has 62 heavy (non-hydrogen) atoms. The third-order valence-electron chi connectivity index (χ3n) is 11.9. The van der Waals surface area contributed by atoms with E-state index in [4.69, 9.17) is 28.4 Å². The van der Waals surface area contributed by atoms with Crippen molar-refractivity contribution in [1.29, 1.82) is 0 Å². The highest BCUT2D eigenvalue weighted by Gasteiger charge is 2.49. The van der Waals surface area contributed by atoms with Gasteiger partial charge in [-0.2, -0.15) is 0 Å². The Labute approximate surface area is 365 Å². The summed E-state index contributed by atoms with van der Waals surface area (Å²) < 4.78 is 36.3. The van der Waals surface area contributed by atoms with E-state index in [1.807, 2.05) is 49.3 Å². The van der Waals surface area contributed by atoms with Crippen LogP contribution in [0.5, 0.6) is 0 Å². The number of aliphatic hydroxyl groups excluding tert-OH is 3. The van der Waals surface area contributed by atoms with Gasteiger partial charge in [0.2, 0.25) is 0 Å². The number of aryl methyl sites for hydroxylation is 1. The van der Waals surface area contributed by atoms with Crippen molar-refractivity contribution in [3.05, 3.63) is 54.2 Å². The molecule has 346 valence electrons. The molecule has 4 rings (SSSR count). The maximum atomic E-state index is 13.7. The molecule has 0 amide bonds. The summed E-state index contributed by atoms with van der Waals surface area (Å²) in [5, 5.41) is 35.3. The van der Waals surface area contributed by atoms with Crippen LogP contribution in [0, 0.1) is 11.8 Å². The molecular formula is C46H69N3O13. The molecule has 1 fully saturated rings. The van der Waals surface area contributed by atoms with E-state index in [-0.39, 0.29) is 25.7 Å². The Morgan fingerprint density at radius 3 is 2.39 bits per heavy atom. The summed E-state index contributed by atoms with van der Waals surface area (Å²) in [6.07, 6.45) is -3.75. The number of ether oxygens (including phenoxy) is 6. The number of rotatable bonds is 14. The molecule has 0 saturated carbocycles. The first-order chi connectivity index (χ1) is 29.5. The van der Waals surface area contributed by atoms with E-state index in [0.29, 0.717) is 12.8 Å². The van der Waals surface area contributed by atoms with Gasteiger partial charge in [-0.25, -0.2) is 0 Å². The monoisotopic (exact) mass is 871 g/mol. The summed E-state index contributed by atoms with van der Waals surface area (Å²) in [6.45, 7) is 8.63. The summed E-state index contributed by atoms with van der Waals surface area (Å²) in [5.41, 5.74) is 2.00. The number of cyclic esters (lactones) is 1. The van der Waals surface area contributed by atoms with Crippen LogP contribution in [0.3, 0.4) is 0 Å². The Kier molecular flexibility index (Phi) is 19.9. The molecule has 16 heteroatoms. The number of pyridine rings is 1. The number of likely N-dealkylation sites (N-methyl/N-ethyl adjacent to an activating group) is 2. The van der Waals surface area contributed by atoms with Crippen LogP contribution in [0.15, 0.2) is 48.7 Å². The van der Waals surface area contributed by atoms with E-state index in [1.165, 1.54) is 14.0 Å². The Morgan fingerprint density at radius 1 is 1.00 bits per heavy atom. The van der Waals surface area contributed by atoms with E-state index in [0.717, 1.165) is 29.3 Å². The Balaban J connectivity index is 1.73.